The summed E-state index contributed by atoms with van der Waals surface area (Å²) in [5.41, 5.74) is 2.29. The van der Waals surface area contributed by atoms with Gasteiger partial charge in [-0.05, 0) is 55.5 Å². The van der Waals surface area contributed by atoms with E-state index < -0.39 is 0 Å². The van der Waals surface area contributed by atoms with Crippen molar-refractivity contribution in [1.82, 2.24) is 25.5 Å². The zero-order valence-corrected chi connectivity index (χ0v) is 17.9. The second-order valence-corrected chi connectivity index (χ2v) is 7.75. The maximum atomic E-state index is 12.4. The first-order valence-corrected chi connectivity index (χ1v) is 10.5. The van der Waals surface area contributed by atoms with Gasteiger partial charge in [-0.25, -0.2) is 9.97 Å². The molecule has 0 atom stereocenters. The van der Waals surface area contributed by atoms with E-state index in [1.165, 1.54) is 0 Å². The van der Waals surface area contributed by atoms with Crippen LogP contribution in [0.3, 0.4) is 0 Å². The van der Waals surface area contributed by atoms with E-state index in [0.29, 0.717) is 29.6 Å². The molecule has 0 radical (unpaired) electrons. The van der Waals surface area contributed by atoms with Gasteiger partial charge in [-0.1, -0.05) is 0 Å². The molecule has 0 unspecified atom stereocenters. The molecule has 31 heavy (non-hydrogen) atoms. The van der Waals surface area contributed by atoms with E-state index in [-0.39, 0.29) is 12.5 Å². The van der Waals surface area contributed by atoms with Crippen molar-refractivity contribution in [2.24, 2.45) is 0 Å². The molecule has 2 heterocycles. The minimum Gasteiger partial charge on any atom is -0.497 e. The van der Waals surface area contributed by atoms with Crippen LogP contribution in [0.15, 0.2) is 53.9 Å². The molecule has 0 aliphatic heterocycles. The molecule has 2 aromatic heterocycles. The highest BCUT2D eigenvalue weighted by Crippen LogP contribution is 2.19. The van der Waals surface area contributed by atoms with Crippen molar-refractivity contribution in [1.29, 1.82) is 0 Å². The first-order chi connectivity index (χ1) is 15.1. The number of ether oxygens (including phenoxy) is 2. The number of thiazole rings is 1. The summed E-state index contributed by atoms with van der Waals surface area (Å²) in [6.07, 6.45) is 0. The Bertz CT molecular complexity index is 1150. The number of carbonyl (C=O) groups is 1. The molecule has 0 aliphatic carbocycles. The maximum Gasteiger partial charge on any atom is 0.251 e. The molecule has 8 nitrogen and oxygen atoms in total. The number of aromatic amines is 1. The van der Waals surface area contributed by atoms with E-state index in [1.807, 2.05) is 36.6 Å². The predicted molar refractivity (Wildman–Crippen MR) is 117 cm³/mol. The Morgan fingerprint density at radius 3 is 2.48 bits per heavy atom. The van der Waals surface area contributed by atoms with Gasteiger partial charge in [-0.3, -0.25) is 9.89 Å². The summed E-state index contributed by atoms with van der Waals surface area (Å²) < 4.78 is 10.9. The molecule has 2 N–H and O–H groups in total. The highest BCUT2D eigenvalue weighted by atomic mass is 32.1. The number of nitrogens with one attached hydrogen (secondary N) is 2. The molecule has 2 aromatic carbocycles. The van der Waals surface area contributed by atoms with Gasteiger partial charge in [-0.2, -0.15) is 5.10 Å². The van der Waals surface area contributed by atoms with Crippen LogP contribution in [0.1, 0.15) is 26.9 Å². The quantitative estimate of drug-likeness (QED) is 0.437. The largest absolute Gasteiger partial charge is 0.497 e. The van der Waals surface area contributed by atoms with Crippen molar-refractivity contribution in [2.75, 3.05) is 7.11 Å². The summed E-state index contributed by atoms with van der Waals surface area (Å²) in [7, 11) is 1.62. The number of hydrogen-bond donors (Lipinski definition) is 2. The SMILES string of the molecule is COc1ccc(-c2n[nH]c(CNC(=O)c3ccc(OCc4csc(C)n4)cc3)n2)cc1. The number of rotatable bonds is 8. The Balaban J connectivity index is 1.29. The van der Waals surface area contributed by atoms with Gasteiger partial charge in [0.1, 0.15) is 23.9 Å². The monoisotopic (exact) mass is 435 g/mol. The lowest BCUT2D eigenvalue weighted by Crippen LogP contribution is -2.23. The lowest BCUT2D eigenvalue weighted by Gasteiger charge is -2.06. The molecule has 0 aliphatic rings. The number of amides is 1. The molecule has 4 rings (SSSR count). The van der Waals surface area contributed by atoms with Crippen molar-refractivity contribution in [3.05, 3.63) is 76.0 Å². The van der Waals surface area contributed by atoms with E-state index in [1.54, 1.807) is 42.7 Å². The van der Waals surface area contributed by atoms with Crippen LogP contribution < -0.4 is 14.8 Å². The molecular weight excluding hydrogens is 414 g/mol. The number of hydrogen-bond acceptors (Lipinski definition) is 7. The fraction of sp³-hybridized carbons (Fsp3) is 0.182. The minimum absolute atomic E-state index is 0.205. The zero-order valence-electron chi connectivity index (χ0n) is 17.1. The van der Waals surface area contributed by atoms with Crippen molar-refractivity contribution < 1.29 is 14.3 Å². The fourth-order valence-electron chi connectivity index (χ4n) is 2.84. The summed E-state index contributed by atoms with van der Waals surface area (Å²) in [4.78, 5) is 21.2. The summed E-state index contributed by atoms with van der Waals surface area (Å²) >= 11 is 1.59. The summed E-state index contributed by atoms with van der Waals surface area (Å²) in [5, 5.41) is 12.9. The van der Waals surface area contributed by atoms with Crippen molar-refractivity contribution in [3.63, 3.8) is 0 Å². The van der Waals surface area contributed by atoms with Gasteiger partial charge in [0.15, 0.2) is 5.82 Å². The van der Waals surface area contributed by atoms with Crippen LogP contribution in [0.2, 0.25) is 0 Å². The first kappa shape index (κ1) is 20.5. The molecule has 1 amide bonds. The van der Waals surface area contributed by atoms with Crippen LogP contribution >= 0.6 is 11.3 Å². The minimum atomic E-state index is -0.205. The number of aromatic nitrogens is 4. The summed E-state index contributed by atoms with van der Waals surface area (Å²) in [5.74, 6) is 2.37. The third kappa shape index (κ3) is 5.26. The van der Waals surface area contributed by atoms with Crippen molar-refractivity contribution in [3.8, 4) is 22.9 Å². The van der Waals surface area contributed by atoms with Gasteiger partial charge >= 0.3 is 0 Å². The maximum absolute atomic E-state index is 12.4. The number of aryl methyl sites for hydroxylation is 1. The van der Waals surface area contributed by atoms with E-state index >= 15 is 0 Å². The lowest BCUT2D eigenvalue weighted by molar-refractivity contribution is 0.0950. The molecule has 0 spiro atoms. The highest BCUT2D eigenvalue weighted by Gasteiger charge is 2.10. The van der Waals surface area contributed by atoms with E-state index in [0.717, 1.165) is 22.0 Å². The molecule has 158 valence electrons. The van der Waals surface area contributed by atoms with Gasteiger partial charge in [0.2, 0.25) is 0 Å². The van der Waals surface area contributed by atoms with E-state index in [2.05, 4.69) is 25.5 Å². The normalized spacial score (nSPS) is 10.6. The molecule has 0 fully saturated rings. The van der Waals surface area contributed by atoms with Crippen molar-refractivity contribution in [2.45, 2.75) is 20.1 Å². The Hall–Kier alpha value is -3.72. The summed E-state index contributed by atoms with van der Waals surface area (Å²) in [6, 6.07) is 14.4. The fourth-order valence-corrected chi connectivity index (χ4v) is 3.44. The zero-order chi connectivity index (χ0) is 21.6. The standard InChI is InChI=1S/C22H21N5O3S/c1-14-24-17(13-31-14)12-30-19-9-5-16(6-10-19)22(28)23-11-20-25-21(27-26-20)15-3-7-18(29-2)8-4-15/h3-10,13H,11-12H2,1-2H3,(H,23,28)(H,25,26,27). The lowest BCUT2D eigenvalue weighted by atomic mass is 10.2. The van der Waals surface area contributed by atoms with Gasteiger partial charge < -0.3 is 14.8 Å². The first-order valence-electron chi connectivity index (χ1n) is 9.58. The molecule has 4 aromatic rings. The van der Waals surface area contributed by atoms with Crippen LogP contribution in [0.5, 0.6) is 11.5 Å². The highest BCUT2D eigenvalue weighted by molar-refractivity contribution is 7.09. The average molecular weight is 436 g/mol. The van der Waals surface area contributed by atoms with Crippen LogP contribution in [0, 0.1) is 6.92 Å². The molecule has 0 saturated carbocycles. The third-order valence-electron chi connectivity index (χ3n) is 4.47. The van der Waals surface area contributed by atoms with Gasteiger partial charge in [-0.15, -0.1) is 11.3 Å². The van der Waals surface area contributed by atoms with Crippen LogP contribution in [-0.2, 0) is 13.2 Å². The van der Waals surface area contributed by atoms with E-state index in [4.69, 9.17) is 9.47 Å². The Morgan fingerprint density at radius 1 is 1.06 bits per heavy atom. The second-order valence-electron chi connectivity index (χ2n) is 6.69. The predicted octanol–water partition coefficient (Wildman–Crippen LogP) is 3.75. The number of nitrogens with zero attached hydrogens (tertiary/aromatic N) is 3. The van der Waals surface area contributed by atoms with Gasteiger partial charge in [0.05, 0.1) is 24.4 Å². The van der Waals surface area contributed by atoms with Crippen molar-refractivity contribution >= 4 is 17.2 Å². The number of H-pyrrole nitrogens is 1. The number of methoxy groups -OCH3 is 1. The van der Waals surface area contributed by atoms with Crippen LogP contribution in [0.25, 0.3) is 11.4 Å². The Morgan fingerprint density at radius 2 is 1.81 bits per heavy atom. The topological polar surface area (TPSA) is 102 Å². The molecule has 9 heteroatoms. The smallest absolute Gasteiger partial charge is 0.251 e. The third-order valence-corrected chi connectivity index (χ3v) is 5.29. The van der Waals surface area contributed by atoms with Gasteiger partial charge in [0.25, 0.3) is 5.91 Å². The molecular formula is C22H21N5O3S. The Kier molecular flexibility index (Phi) is 6.23. The van der Waals surface area contributed by atoms with Gasteiger partial charge in [0, 0.05) is 16.5 Å². The second kappa shape index (κ2) is 9.40. The average Bonchev–Trinajstić information content (AvgIpc) is 3.45. The number of carbonyl (C=O) groups excluding carboxylic acids is 1. The van der Waals surface area contributed by atoms with Crippen LogP contribution in [-0.4, -0.2) is 33.2 Å². The van der Waals surface area contributed by atoms with Crippen LogP contribution in [0.4, 0.5) is 0 Å². The summed E-state index contributed by atoms with van der Waals surface area (Å²) in [6.45, 7) is 2.60. The molecule has 0 saturated heterocycles. The molecule has 0 bridgehead atoms. The Labute approximate surface area is 183 Å². The van der Waals surface area contributed by atoms with E-state index in [9.17, 15) is 4.79 Å². The number of benzene rings is 2.